The van der Waals surface area contributed by atoms with Crippen molar-refractivity contribution >= 4 is 27.9 Å². The fourth-order valence-corrected chi connectivity index (χ4v) is 3.37. The van der Waals surface area contributed by atoms with Crippen LogP contribution >= 0.6 is 0 Å². The van der Waals surface area contributed by atoms with Crippen LogP contribution in [0.15, 0.2) is 69.9 Å². The van der Waals surface area contributed by atoms with E-state index in [1.165, 1.54) is 18.2 Å². The first-order chi connectivity index (χ1) is 14.8. The summed E-state index contributed by atoms with van der Waals surface area (Å²) in [6.45, 7) is 1.64. The predicted octanol–water partition coefficient (Wildman–Crippen LogP) is 6.17. The second-order valence-electron chi connectivity index (χ2n) is 6.60. The zero-order chi connectivity index (χ0) is 22.2. The third-order valence-corrected chi connectivity index (χ3v) is 4.64. The van der Waals surface area contributed by atoms with Crippen molar-refractivity contribution in [1.82, 2.24) is 0 Å². The van der Waals surface area contributed by atoms with Crippen molar-refractivity contribution in [1.29, 1.82) is 0 Å². The molecule has 1 heterocycles. The molecule has 4 rings (SSSR count). The summed E-state index contributed by atoms with van der Waals surface area (Å²) in [5, 5.41) is 1.10. The van der Waals surface area contributed by atoms with Gasteiger partial charge in [0.05, 0.1) is 17.6 Å². The highest BCUT2D eigenvalue weighted by Gasteiger charge is 2.39. The van der Waals surface area contributed by atoms with Crippen molar-refractivity contribution in [2.75, 3.05) is 6.61 Å². The zero-order valence-electron chi connectivity index (χ0n) is 16.2. The summed E-state index contributed by atoms with van der Waals surface area (Å²) in [5.41, 5.74) is -1.65. The van der Waals surface area contributed by atoms with Gasteiger partial charge in [-0.1, -0.05) is 42.5 Å². The Hall–Kier alpha value is -3.81. The predicted molar refractivity (Wildman–Crippen MR) is 108 cm³/mol. The number of alkyl halides is 3. The number of carbonyl (C=O) groups is 1. The Labute approximate surface area is 173 Å². The van der Waals surface area contributed by atoms with Crippen molar-refractivity contribution in [3.8, 4) is 16.9 Å². The number of benzene rings is 3. The molecule has 0 aliphatic carbocycles. The SMILES string of the molecule is CCOC(=O)Oc1ccc2c(=O)c(-c3cccc4ccccc34)c(C(F)(F)F)oc2c1. The van der Waals surface area contributed by atoms with Crippen LogP contribution in [0.25, 0.3) is 32.9 Å². The lowest BCUT2D eigenvalue weighted by molar-refractivity contribution is -0.152. The molecule has 4 aromatic rings. The fourth-order valence-electron chi connectivity index (χ4n) is 3.37. The van der Waals surface area contributed by atoms with Crippen molar-refractivity contribution in [3.63, 3.8) is 0 Å². The number of hydrogen-bond acceptors (Lipinski definition) is 5. The Morgan fingerprint density at radius 3 is 2.48 bits per heavy atom. The Balaban J connectivity index is 1.98. The summed E-state index contributed by atoms with van der Waals surface area (Å²) in [5.74, 6) is -1.53. The van der Waals surface area contributed by atoms with Gasteiger partial charge in [0.25, 0.3) is 0 Å². The molecule has 31 heavy (non-hydrogen) atoms. The molecule has 0 aliphatic rings. The normalized spacial score (nSPS) is 11.6. The van der Waals surface area contributed by atoms with Gasteiger partial charge < -0.3 is 13.9 Å². The number of hydrogen-bond donors (Lipinski definition) is 0. The first-order valence-electron chi connectivity index (χ1n) is 9.30. The van der Waals surface area contributed by atoms with E-state index in [2.05, 4.69) is 4.74 Å². The lowest BCUT2D eigenvalue weighted by Crippen LogP contribution is -2.16. The summed E-state index contributed by atoms with van der Waals surface area (Å²) >= 11 is 0. The third-order valence-electron chi connectivity index (χ3n) is 4.64. The standard InChI is InChI=1S/C23H15F3O5/c1-2-29-22(28)30-14-10-11-17-18(12-14)31-21(23(24,25)26)19(20(17)27)16-9-5-7-13-6-3-4-8-15(13)16/h3-12H,2H2,1H3. The monoisotopic (exact) mass is 428 g/mol. The smallest absolute Gasteiger partial charge is 0.450 e. The van der Waals surface area contributed by atoms with Crippen LogP contribution in [0.2, 0.25) is 0 Å². The summed E-state index contributed by atoms with van der Waals surface area (Å²) in [6.07, 6.45) is -5.95. The van der Waals surface area contributed by atoms with Crippen LogP contribution in [0.4, 0.5) is 18.0 Å². The Bertz CT molecular complexity index is 1350. The molecule has 0 bridgehead atoms. The molecule has 0 fully saturated rings. The highest BCUT2D eigenvalue weighted by atomic mass is 19.4. The van der Waals surface area contributed by atoms with Gasteiger partial charge in [-0.3, -0.25) is 4.79 Å². The molecule has 158 valence electrons. The Morgan fingerprint density at radius 2 is 1.74 bits per heavy atom. The molecule has 0 radical (unpaired) electrons. The number of carbonyl (C=O) groups excluding carboxylic acids is 1. The van der Waals surface area contributed by atoms with Crippen molar-refractivity contribution in [3.05, 3.63) is 76.6 Å². The molecule has 0 aliphatic heterocycles. The second-order valence-corrected chi connectivity index (χ2v) is 6.60. The molecular weight excluding hydrogens is 413 g/mol. The molecule has 0 unspecified atom stereocenters. The Morgan fingerprint density at radius 1 is 1.00 bits per heavy atom. The van der Waals surface area contributed by atoms with Gasteiger partial charge in [0, 0.05) is 6.07 Å². The largest absolute Gasteiger partial charge is 0.513 e. The van der Waals surface area contributed by atoms with Crippen LogP contribution in [-0.4, -0.2) is 12.8 Å². The summed E-state index contributed by atoms with van der Waals surface area (Å²) in [6, 6.07) is 15.2. The second kappa shape index (κ2) is 7.79. The van der Waals surface area contributed by atoms with Gasteiger partial charge in [-0.15, -0.1) is 0 Å². The highest BCUT2D eigenvalue weighted by Crippen LogP contribution is 2.39. The minimum absolute atomic E-state index is 0.0636. The van der Waals surface area contributed by atoms with E-state index < -0.39 is 29.1 Å². The molecule has 0 atom stereocenters. The molecule has 0 amide bonds. The first-order valence-corrected chi connectivity index (χ1v) is 9.30. The van der Waals surface area contributed by atoms with Gasteiger partial charge in [0.1, 0.15) is 11.3 Å². The summed E-state index contributed by atoms with van der Waals surface area (Å²) < 4.78 is 56.5. The first kappa shape index (κ1) is 20.5. The van der Waals surface area contributed by atoms with Crippen molar-refractivity contribution in [2.45, 2.75) is 13.1 Å². The number of fused-ring (bicyclic) bond motifs is 2. The number of halogens is 3. The zero-order valence-corrected chi connectivity index (χ0v) is 16.2. The van der Waals surface area contributed by atoms with Gasteiger partial charge in [-0.25, -0.2) is 4.79 Å². The lowest BCUT2D eigenvalue weighted by atomic mass is 9.96. The number of rotatable bonds is 3. The molecule has 3 aromatic carbocycles. The van der Waals surface area contributed by atoms with Crippen LogP contribution in [0.1, 0.15) is 12.7 Å². The molecule has 1 aromatic heterocycles. The van der Waals surface area contributed by atoms with E-state index >= 15 is 0 Å². The van der Waals surface area contributed by atoms with Gasteiger partial charge in [-0.2, -0.15) is 13.2 Å². The van der Waals surface area contributed by atoms with Crippen molar-refractivity contribution in [2.24, 2.45) is 0 Å². The molecule has 0 N–H and O–H groups in total. The van der Waals surface area contributed by atoms with Crippen LogP contribution < -0.4 is 10.2 Å². The van der Waals surface area contributed by atoms with Gasteiger partial charge in [-0.05, 0) is 35.4 Å². The lowest BCUT2D eigenvalue weighted by Gasteiger charge is -2.14. The molecule has 8 heteroatoms. The van der Waals surface area contributed by atoms with Gasteiger partial charge in [0.15, 0.2) is 0 Å². The third kappa shape index (κ3) is 3.84. The maximum atomic E-state index is 13.9. The van der Waals surface area contributed by atoms with E-state index in [-0.39, 0.29) is 28.9 Å². The minimum atomic E-state index is -4.93. The maximum Gasteiger partial charge on any atom is 0.513 e. The quantitative estimate of drug-likeness (QED) is 0.289. The topological polar surface area (TPSA) is 65.7 Å². The van der Waals surface area contributed by atoms with Crippen LogP contribution in [0, 0.1) is 0 Å². The van der Waals surface area contributed by atoms with Crippen molar-refractivity contribution < 1.29 is 31.9 Å². The van der Waals surface area contributed by atoms with Gasteiger partial charge in [0.2, 0.25) is 11.2 Å². The van der Waals surface area contributed by atoms with Crippen LogP contribution in [0.3, 0.4) is 0 Å². The average molecular weight is 428 g/mol. The van der Waals surface area contributed by atoms with E-state index in [9.17, 15) is 22.8 Å². The van der Waals surface area contributed by atoms with Crippen LogP contribution in [-0.2, 0) is 10.9 Å². The maximum absolute atomic E-state index is 13.9. The number of ether oxygens (including phenoxy) is 2. The molecular formula is C23H15F3O5. The molecule has 0 spiro atoms. The molecule has 0 saturated carbocycles. The van der Waals surface area contributed by atoms with E-state index in [0.717, 1.165) is 6.07 Å². The van der Waals surface area contributed by atoms with E-state index in [0.29, 0.717) is 10.8 Å². The minimum Gasteiger partial charge on any atom is -0.450 e. The molecule has 0 saturated heterocycles. The average Bonchev–Trinajstić information content (AvgIpc) is 2.73. The highest BCUT2D eigenvalue weighted by molar-refractivity contribution is 5.98. The van der Waals surface area contributed by atoms with Gasteiger partial charge >= 0.3 is 12.3 Å². The van der Waals surface area contributed by atoms with E-state index in [4.69, 9.17) is 9.15 Å². The summed E-state index contributed by atoms with van der Waals surface area (Å²) in [4.78, 5) is 24.7. The van der Waals surface area contributed by atoms with E-state index in [1.54, 1.807) is 43.3 Å². The Kier molecular flexibility index (Phi) is 5.14. The van der Waals surface area contributed by atoms with Crippen LogP contribution in [0.5, 0.6) is 5.75 Å². The van der Waals surface area contributed by atoms with E-state index in [1.807, 2.05) is 0 Å². The summed E-state index contributed by atoms with van der Waals surface area (Å²) in [7, 11) is 0. The fraction of sp³-hybridized carbons (Fsp3) is 0.130. The molecule has 5 nitrogen and oxygen atoms in total.